The van der Waals surface area contributed by atoms with Crippen LogP contribution in [0.3, 0.4) is 0 Å². The van der Waals surface area contributed by atoms with Crippen molar-refractivity contribution in [2.24, 2.45) is 0 Å². The Morgan fingerprint density at radius 1 is 1.09 bits per heavy atom. The Bertz CT molecular complexity index is 737. The van der Waals surface area contributed by atoms with E-state index in [0.717, 1.165) is 23.7 Å². The highest BCUT2D eigenvalue weighted by Gasteiger charge is 2.10. The fourth-order valence-corrected chi connectivity index (χ4v) is 2.72. The molecule has 3 nitrogen and oxygen atoms in total. The van der Waals surface area contributed by atoms with Crippen LogP contribution in [0.4, 0.5) is 0 Å². The van der Waals surface area contributed by atoms with Crippen LogP contribution in [0.2, 0.25) is 5.02 Å². The van der Waals surface area contributed by atoms with Gasteiger partial charge in [0.15, 0.2) is 0 Å². The van der Waals surface area contributed by atoms with Crippen LogP contribution < -0.4 is 0 Å². The van der Waals surface area contributed by atoms with E-state index >= 15 is 0 Å². The predicted octanol–water partition coefficient (Wildman–Crippen LogP) is 4.33. The molecule has 0 N–H and O–H groups in total. The molecule has 1 heterocycles. The van der Waals surface area contributed by atoms with Gasteiger partial charge in [-0.05, 0) is 35.6 Å². The molecule has 0 saturated heterocycles. The number of rotatable bonds is 5. The maximum absolute atomic E-state index is 6.05. The van der Waals surface area contributed by atoms with Crippen LogP contribution in [0, 0.1) is 0 Å². The summed E-state index contributed by atoms with van der Waals surface area (Å²) in [5, 5.41) is 9.27. The first-order chi connectivity index (χ1) is 10.7. The summed E-state index contributed by atoms with van der Waals surface area (Å²) in [4.78, 5) is 0. The number of hydrogen-bond donors (Lipinski definition) is 0. The summed E-state index contributed by atoms with van der Waals surface area (Å²) in [7, 11) is 0. The molecule has 2 aromatic carbocycles. The van der Waals surface area contributed by atoms with E-state index < -0.39 is 0 Å². The number of aromatic nitrogens is 3. The van der Waals surface area contributed by atoms with Crippen molar-refractivity contribution >= 4 is 11.6 Å². The van der Waals surface area contributed by atoms with Crippen LogP contribution in [0.25, 0.3) is 0 Å². The van der Waals surface area contributed by atoms with Gasteiger partial charge >= 0.3 is 0 Å². The number of halogens is 1. The van der Waals surface area contributed by atoms with Gasteiger partial charge in [-0.3, -0.25) is 0 Å². The molecule has 0 radical (unpaired) electrons. The van der Waals surface area contributed by atoms with Crippen LogP contribution in [-0.4, -0.2) is 15.0 Å². The molecule has 1 unspecified atom stereocenters. The largest absolute Gasteiger partial charge is 0.248 e. The molecule has 112 valence electrons. The van der Waals surface area contributed by atoms with E-state index in [9.17, 15) is 0 Å². The maximum atomic E-state index is 6.05. The molecule has 0 aliphatic heterocycles. The topological polar surface area (TPSA) is 30.7 Å². The summed E-state index contributed by atoms with van der Waals surface area (Å²) in [6.45, 7) is 2.93. The number of hydrogen-bond acceptors (Lipinski definition) is 2. The molecule has 0 fully saturated rings. The molecule has 22 heavy (non-hydrogen) atoms. The molecular formula is C18H18ClN3. The van der Waals surface area contributed by atoms with Crippen molar-refractivity contribution < 1.29 is 0 Å². The summed E-state index contributed by atoms with van der Waals surface area (Å²) >= 11 is 6.05. The van der Waals surface area contributed by atoms with Crippen molar-refractivity contribution in [3.05, 3.63) is 82.6 Å². The highest BCUT2D eigenvalue weighted by atomic mass is 35.5. The Balaban J connectivity index is 1.66. The van der Waals surface area contributed by atoms with Crippen molar-refractivity contribution in [3.63, 3.8) is 0 Å². The fourth-order valence-electron chi connectivity index (χ4n) is 2.52. The zero-order valence-electron chi connectivity index (χ0n) is 12.5. The average Bonchev–Trinajstić information content (AvgIpc) is 2.95. The normalized spacial score (nSPS) is 12.3. The minimum atomic E-state index is 0.362. The summed E-state index contributed by atoms with van der Waals surface area (Å²) in [6, 6.07) is 18.3. The van der Waals surface area contributed by atoms with E-state index in [-0.39, 0.29) is 0 Å². The second kappa shape index (κ2) is 6.75. The Labute approximate surface area is 135 Å². The van der Waals surface area contributed by atoms with E-state index in [1.54, 1.807) is 0 Å². The third-order valence-corrected chi connectivity index (χ3v) is 3.94. The maximum Gasteiger partial charge on any atom is 0.0833 e. The molecule has 3 rings (SSSR count). The second-order valence-corrected chi connectivity index (χ2v) is 5.99. The van der Waals surface area contributed by atoms with E-state index in [1.807, 2.05) is 47.3 Å². The zero-order valence-corrected chi connectivity index (χ0v) is 13.2. The van der Waals surface area contributed by atoms with Gasteiger partial charge in [0.25, 0.3) is 0 Å². The first-order valence-corrected chi connectivity index (χ1v) is 7.77. The summed E-state index contributed by atoms with van der Waals surface area (Å²) in [6.07, 6.45) is 2.88. The third kappa shape index (κ3) is 3.74. The van der Waals surface area contributed by atoms with E-state index in [0.29, 0.717) is 5.92 Å². The van der Waals surface area contributed by atoms with E-state index in [1.165, 1.54) is 11.1 Å². The second-order valence-electron chi connectivity index (χ2n) is 5.55. The highest BCUT2D eigenvalue weighted by Crippen LogP contribution is 2.22. The highest BCUT2D eigenvalue weighted by molar-refractivity contribution is 6.30. The van der Waals surface area contributed by atoms with Crippen molar-refractivity contribution in [1.29, 1.82) is 0 Å². The summed E-state index contributed by atoms with van der Waals surface area (Å²) in [5.74, 6) is 0.362. The quantitative estimate of drug-likeness (QED) is 0.702. The molecule has 3 aromatic rings. The molecular weight excluding hydrogens is 294 g/mol. The molecule has 0 spiro atoms. The lowest BCUT2D eigenvalue weighted by Crippen LogP contribution is -2.00. The van der Waals surface area contributed by atoms with Crippen LogP contribution in [0.1, 0.15) is 29.7 Å². The van der Waals surface area contributed by atoms with Gasteiger partial charge in [0.05, 0.1) is 12.2 Å². The SMILES string of the molecule is CC(Cc1cn(Cc2ccccc2)nn1)c1cccc(Cl)c1. The van der Waals surface area contributed by atoms with Gasteiger partial charge in [0, 0.05) is 11.2 Å². The van der Waals surface area contributed by atoms with Crippen LogP contribution in [0.15, 0.2) is 60.8 Å². The molecule has 0 amide bonds. The van der Waals surface area contributed by atoms with Gasteiger partial charge in [0.2, 0.25) is 0 Å². The predicted molar refractivity (Wildman–Crippen MR) is 89.1 cm³/mol. The molecule has 0 aliphatic rings. The molecule has 1 atom stereocenters. The Morgan fingerprint density at radius 3 is 2.68 bits per heavy atom. The summed E-state index contributed by atoms with van der Waals surface area (Å²) in [5.41, 5.74) is 3.45. The smallest absolute Gasteiger partial charge is 0.0833 e. The summed E-state index contributed by atoms with van der Waals surface area (Å²) < 4.78 is 1.88. The monoisotopic (exact) mass is 311 g/mol. The van der Waals surface area contributed by atoms with Crippen molar-refractivity contribution in [3.8, 4) is 0 Å². The molecule has 0 saturated carbocycles. The molecule has 1 aromatic heterocycles. The lowest BCUT2D eigenvalue weighted by atomic mass is 9.97. The van der Waals surface area contributed by atoms with Gasteiger partial charge in [-0.1, -0.05) is 66.2 Å². The van der Waals surface area contributed by atoms with Crippen molar-refractivity contribution in [2.75, 3.05) is 0 Å². The van der Waals surface area contributed by atoms with E-state index in [4.69, 9.17) is 11.6 Å². The lowest BCUT2D eigenvalue weighted by molar-refractivity contribution is 0.648. The number of benzene rings is 2. The Morgan fingerprint density at radius 2 is 1.91 bits per heavy atom. The minimum absolute atomic E-state index is 0.362. The Hall–Kier alpha value is -2.13. The zero-order chi connectivity index (χ0) is 15.4. The van der Waals surface area contributed by atoms with Crippen LogP contribution in [0.5, 0.6) is 0 Å². The lowest BCUT2D eigenvalue weighted by Gasteiger charge is -2.10. The first-order valence-electron chi connectivity index (χ1n) is 7.39. The van der Waals surface area contributed by atoms with Crippen molar-refractivity contribution in [1.82, 2.24) is 15.0 Å². The van der Waals surface area contributed by atoms with Crippen molar-refractivity contribution in [2.45, 2.75) is 25.8 Å². The van der Waals surface area contributed by atoms with Crippen LogP contribution >= 0.6 is 11.6 Å². The van der Waals surface area contributed by atoms with Gasteiger partial charge in [-0.15, -0.1) is 5.10 Å². The average molecular weight is 312 g/mol. The standard InChI is InChI=1S/C18H18ClN3/c1-14(16-8-5-9-17(19)11-16)10-18-13-22(21-20-18)12-15-6-3-2-4-7-15/h2-9,11,13-14H,10,12H2,1H3. The van der Waals surface area contributed by atoms with Gasteiger partial charge in [0.1, 0.15) is 0 Å². The molecule has 4 heteroatoms. The Kier molecular flexibility index (Phi) is 4.54. The van der Waals surface area contributed by atoms with Crippen LogP contribution in [-0.2, 0) is 13.0 Å². The number of nitrogens with zero attached hydrogens (tertiary/aromatic N) is 3. The van der Waals surface area contributed by atoms with Gasteiger partial charge in [-0.2, -0.15) is 0 Å². The fraction of sp³-hybridized carbons (Fsp3) is 0.222. The van der Waals surface area contributed by atoms with Gasteiger partial charge in [-0.25, -0.2) is 4.68 Å². The molecule has 0 aliphatic carbocycles. The minimum Gasteiger partial charge on any atom is -0.248 e. The van der Waals surface area contributed by atoms with Gasteiger partial charge < -0.3 is 0 Å². The molecule has 0 bridgehead atoms. The first kappa shape index (κ1) is 14.8. The van der Waals surface area contributed by atoms with E-state index in [2.05, 4.69) is 35.4 Å². The third-order valence-electron chi connectivity index (χ3n) is 3.71.